The lowest BCUT2D eigenvalue weighted by atomic mass is 10.2. The number of carbonyl (C=O) groups is 2. The normalized spacial score (nSPS) is 12.1. The number of carbonyl (C=O) groups excluding carboxylic acids is 2. The van der Waals surface area contributed by atoms with Gasteiger partial charge >= 0.3 is 5.97 Å². The summed E-state index contributed by atoms with van der Waals surface area (Å²) >= 11 is 0. The molecule has 2 rings (SSSR count). The third-order valence-corrected chi connectivity index (χ3v) is 4.96. The molecule has 28 heavy (non-hydrogen) atoms. The Morgan fingerprint density at radius 1 is 1.07 bits per heavy atom. The fraction of sp³-hybridized carbons (Fsp3) is 0.222. The Hall–Kier alpha value is -3.01. The lowest BCUT2D eigenvalue weighted by Gasteiger charge is -2.13. The van der Waals surface area contributed by atoms with Gasteiger partial charge in [0.05, 0.1) is 10.5 Å². The van der Waals surface area contributed by atoms with Crippen LogP contribution in [0.4, 0.5) is 14.5 Å². The number of sulfonamides is 1. The van der Waals surface area contributed by atoms with E-state index in [-0.39, 0.29) is 11.3 Å². The van der Waals surface area contributed by atoms with E-state index in [1.54, 1.807) is 6.92 Å². The van der Waals surface area contributed by atoms with Gasteiger partial charge in [-0.25, -0.2) is 22.0 Å². The molecule has 10 heteroatoms. The second-order valence-corrected chi connectivity index (χ2v) is 7.38. The average molecular weight is 412 g/mol. The molecule has 7 nitrogen and oxygen atoms in total. The van der Waals surface area contributed by atoms with Gasteiger partial charge < -0.3 is 10.1 Å². The predicted molar refractivity (Wildman–Crippen MR) is 97.2 cm³/mol. The van der Waals surface area contributed by atoms with Crippen LogP contribution in [-0.2, 0) is 19.6 Å². The van der Waals surface area contributed by atoms with Crippen molar-refractivity contribution in [2.45, 2.75) is 24.8 Å². The van der Waals surface area contributed by atoms with Crippen molar-refractivity contribution in [3.8, 4) is 0 Å². The number of nitrogens with one attached hydrogen (secondary N) is 2. The van der Waals surface area contributed by atoms with E-state index in [0.717, 1.165) is 6.07 Å². The first kappa shape index (κ1) is 21.3. The maximum Gasteiger partial charge on any atom is 0.338 e. The van der Waals surface area contributed by atoms with Gasteiger partial charge in [-0.2, -0.15) is 0 Å². The maximum atomic E-state index is 13.3. The van der Waals surface area contributed by atoms with Gasteiger partial charge in [0.25, 0.3) is 15.9 Å². The highest BCUT2D eigenvalue weighted by atomic mass is 32.2. The minimum atomic E-state index is -4.15. The van der Waals surface area contributed by atoms with Gasteiger partial charge in [0.2, 0.25) is 0 Å². The van der Waals surface area contributed by atoms with Gasteiger partial charge in [-0.1, -0.05) is 0 Å². The molecule has 0 fully saturated rings. The number of hydrogen-bond acceptors (Lipinski definition) is 5. The van der Waals surface area contributed by atoms with Gasteiger partial charge in [0.1, 0.15) is 0 Å². The van der Waals surface area contributed by atoms with E-state index in [1.807, 2.05) is 0 Å². The Morgan fingerprint density at radius 2 is 1.71 bits per heavy atom. The zero-order chi connectivity index (χ0) is 20.9. The van der Waals surface area contributed by atoms with Gasteiger partial charge in [0.15, 0.2) is 17.7 Å². The Balaban J connectivity index is 2.08. The zero-order valence-corrected chi connectivity index (χ0v) is 15.8. The largest absolute Gasteiger partial charge is 0.449 e. The highest BCUT2D eigenvalue weighted by Gasteiger charge is 2.19. The summed E-state index contributed by atoms with van der Waals surface area (Å²) in [6, 6.07) is 7.39. The zero-order valence-electron chi connectivity index (χ0n) is 15.0. The van der Waals surface area contributed by atoms with Crippen LogP contribution in [0.1, 0.15) is 24.2 Å². The molecular formula is C18H18F2N2O5S. The molecule has 2 N–H and O–H groups in total. The van der Waals surface area contributed by atoms with Crippen molar-refractivity contribution in [3.63, 3.8) is 0 Å². The van der Waals surface area contributed by atoms with Crippen molar-refractivity contribution in [1.82, 2.24) is 5.32 Å². The summed E-state index contributed by atoms with van der Waals surface area (Å²) < 4.78 is 57.9. The van der Waals surface area contributed by atoms with Crippen LogP contribution in [0.15, 0.2) is 47.4 Å². The van der Waals surface area contributed by atoms with Crippen molar-refractivity contribution in [2.24, 2.45) is 0 Å². The number of esters is 1. The van der Waals surface area contributed by atoms with Crippen LogP contribution in [0.2, 0.25) is 0 Å². The number of rotatable bonds is 7. The lowest BCUT2D eigenvalue weighted by molar-refractivity contribution is -0.128. The second-order valence-electron chi connectivity index (χ2n) is 5.70. The Morgan fingerprint density at radius 3 is 2.29 bits per heavy atom. The number of benzene rings is 2. The minimum Gasteiger partial charge on any atom is -0.449 e. The molecule has 1 atom stereocenters. The van der Waals surface area contributed by atoms with E-state index in [9.17, 15) is 26.8 Å². The van der Waals surface area contributed by atoms with Crippen LogP contribution in [0, 0.1) is 11.6 Å². The molecule has 0 saturated carbocycles. The Bertz CT molecular complexity index is 978. The van der Waals surface area contributed by atoms with Gasteiger partial charge in [-0.05, 0) is 56.3 Å². The van der Waals surface area contributed by atoms with Gasteiger partial charge in [-0.3, -0.25) is 9.52 Å². The molecule has 0 aliphatic rings. The first-order valence-corrected chi connectivity index (χ1v) is 9.69. The highest BCUT2D eigenvalue weighted by molar-refractivity contribution is 7.92. The number of halogens is 2. The molecule has 0 aliphatic heterocycles. The van der Waals surface area contributed by atoms with Gasteiger partial charge in [0, 0.05) is 12.2 Å². The van der Waals surface area contributed by atoms with E-state index >= 15 is 0 Å². The summed E-state index contributed by atoms with van der Waals surface area (Å²) in [6.45, 7) is 3.55. The van der Waals surface area contributed by atoms with Crippen molar-refractivity contribution >= 4 is 27.6 Å². The third kappa shape index (κ3) is 5.26. The van der Waals surface area contributed by atoms with Crippen LogP contribution < -0.4 is 10.0 Å². The smallest absolute Gasteiger partial charge is 0.338 e. The molecule has 1 amide bonds. The molecule has 0 aliphatic carbocycles. The van der Waals surface area contributed by atoms with Gasteiger partial charge in [-0.15, -0.1) is 0 Å². The second kappa shape index (κ2) is 8.79. The van der Waals surface area contributed by atoms with Crippen LogP contribution in [0.5, 0.6) is 0 Å². The standard InChI is InChI=1S/C18H18F2N2O5S/c1-3-21-17(23)11(2)27-18(24)12-4-6-13(7-5-12)22-28(25,26)14-8-9-15(19)16(20)10-14/h4-11,22H,3H2,1-2H3,(H,21,23)/t11-/m1/s1. The van der Waals surface area contributed by atoms with Crippen molar-refractivity contribution in [3.05, 3.63) is 59.7 Å². The summed E-state index contributed by atoms with van der Waals surface area (Å²) in [5.41, 5.74) is 0.199. The molecule has 0 unspecified atom stereocenters. The predicted octanol–water partition coefficient (Wildman–Crippen LogP) is 2.45. The summed E-state index contributed by atoms with van der Waals surface area (Å²) in [7, 11) is -4.15. The van der Waals surface area contributed by atoms with E-state index in [2.05, 4.69) is 10.0 Å². The monoisotopic (exact) mass is 412 g/mol. The lowest BCUT2D eigenvalue weighted by Crippen LogP contribution is -2.35. The molecular weight excluding hydrogens is 394 g/mol. The fourth-order valence-corrected chi connectivity index (χ4v) is 3.20. The number of anilines is 1. The molecule has 0 heterocycles. The average Bonchev–Trinajstić information content (AvgIpc) is 2.64. The molecule has 0 aromatic heterocycles. The topological polar surface area (TPSA) is 102 Å². The van der Waals surface area contributed by atoms with Crippen molar-refractivity contribution in [1.29, 1.82) is 0 Å². The van der Waals surface area contributed by atoms with Crippen LogP contribution in [0.25, 0.3) is 0 Å². The highest BCUT2D eigenvalue weighted by Crippen LogP contribution is 2.19. The summed E-state index contributed by atoms with van der Waals surface area (Å²) in [4.78, 5) is 23.2. The third-order valence-electron chi connectivity index (χ3n) is 3.58. The molecule has 150 valence electrons. The first-order valence-electron chi connectivity index (χ1n) is 8.20. The quantitative estimate of drug-likeness (QED) is 0.681. The maximum absolute atomic E-state index is 13.3. The minimum absolute atomic E-state index is 0.0954. The molecule has 0 radical (unpaired) electrons. The first-order chi connectivity index (χ1) is 13.1. The fourth-order valence-electron chi connectivity index (χ4n) is 2.13. The molecule has 0 bridgehead atoms. The number of ether oxygens (including phenoxy) is 1. The van der Waals surface area contributed by atoms with Crippen molar-refractivity contribution < 1.29 is 31.5 Å². The van der Waals surface area contributed by atoms with E-state index < -0.39 is 44.5 Å². The number of amides is 1. The SMILES string of the molecule is CCNC(=O)[C@@H](C)OC(=O)c1ccc(NS(=O)(=O)c2ccc(F)c(F)c2)cc1. The van der Waals surface area contributed by atoms with Crippen LogP contribution in [0.3, 0.4) is 0 Å². The number of likely N-dealkylation sites (N-methyl/N-ethyl adjacent to an activating group) is 1. The number of hydrogen-bond donors (Lipinski definition) is 2. The Kier molecular flexibility index (Phi) is 6.68. The van der Waals surface area contributed by atoms with E-state index in [0.29, 0.717) is 18.7 Å². The van der Waals surface area contributed by atoms with E-state index in [4.69, 9.17) is 4.74 Å². The van der Waals surface area contributed by atoms with E-state index in [1.165, 1.54) is 31.2 Å². The Labute approximate surface area is 160 Å². The summed E-state index contributed by atoms with van der Waals surface area (Å²) in [5, 5.41) is 2.52. The molecule has 2 aromatic rings. The summed E-state index contributed by atoms with van der Waals surface area (Å²) in [5.74, 6) is -3.65. The van der Waals surface area contributed by atoms with Crippen LogP contribution >= 0.6 is 0 Å². The molecule has 0 saturated heterocycles. The van der Waals surface area contributed by atoms with Crippen LogP contribution in [-0.4, -0.2) is 32.9 Å². The summed E-state index contributed by atoms with van der Waals surface area (Å²) in [6.07, 6.45) is -0.987. The molecule has 2 aromatic carbocycles. The van der Waals surface area contributed by atoms with Crippen molar-refractivity contribution in [2.75, 3.05) is 11.3 Å². The molecule has 0 spiro atoms.